The number of nitrogens with one attached hydrogen (secondary N) is 1. The molecule has 0 spiro atoms. The smallest absolute Gasteiger partial charge is 0.243 e. The average molecular weight is 351 g/mol. The van der Waals surface area contributed by atoms with E-state index in [4.69, 9.17) is 0 Å². The molecular formula is C21H22FN3O. The number of aromatic nitrogens is 1. The van der Waals surface area contributed by atoms with E-state index in [-0.39, 0.29) is 18.3 Å². The van der Waals surface area contributed by atoms with Crippen molar-refractivity contribution < 1.29 is 9.18 Å². The lowest BCUT2D eigenvalue weighted by molar-refractivity contribution is -0.114. The van der Waals surface area contributed by atoms with Crippen LogP contribution in [0.2, 0.25) is 0 Å². The summed E-state index contributed by atoms with van der Waals surface area (Å²) in [6, 6.07) is 10.4. The van der Waals surface area contributed by atoms with Gasteiger partial charge in [-0.1, -0.05) is 17.7 Å². The topological polar surface area (TPSA) is 45.2 Å². The van der Waals surface area contributed by atoms with E-state index in [9.17, 15) is 9.18 Å². The average Bonchev–Trinajstić information content (AvgIpc) is 2.57. The Balaban J connectivity index is 1.80. The maximum absolute atomic E-state index is 13.4. The Morgan fingerprint density at radius 1 is 1.12 bits per heavy atom. The van der Waals surface area contributed by atoms with Gasteiger partial charge in [-0.25, -0.2) is 4.39 Å². The number of hydrogen-bond acceptors (Lipinski definition) is 3. The van der Waals surface area contributed by atoms with Gasteiger partial charge in [0.05, 0.1) is 12.1 Å². The van der Waals surface area contributed by atoms with Gasteiger partial charge in [-0.2, -0.15) is 0 Å². The summed E-state index contributed by atoms with van der Waals surface area (Å²) < 4.78 is 13.4. The quantitative estimate of drug-likeness (QED) is 0.759. The second kappa shape index (κ2) is 7.12. The zero-order valence-corrected chi connectivity index (χ0v) is 15.4. The summed E-state index contributed by atoms with van der Waals surface area (Å²) in [5, 5.41) is 3.82. The van der Waals surface area contributed by atoms with Crippen LogP contribution in [0.1, 0.15) is 16.7 Å². The van der Waals surface area contributed by atoms with Crippen molar-refractivity contribution in [1.29, 1.82) is 0 Å². The molecule has 0 aliphatic carbocycles. The van der Waals surface area contributed by atoms with Gasteiger partial charge in [-0.15, -0.1) is 0 Å². The number of aryl methyl sites for hydroxylation is 3. The van der Waals surface area contributed by atoms with Gasteiger partial charge in [0.25, 0.3) is 0 Å². The van der Waals surface area contributed by atoms with Crippen LogP contribution in [-0.2, 0) is 4.79 Å². The van der Waals surface area contributed by atoms with Crippen LogP contribution in [0.4, 0.5) is 15.8 Å². The summed E-state index contributed by atoms with van der Waals surface area (Å²) in [5.74, 6) is -0.428. The molecule has 0 saturated heterocycles. The standard InChI is InChI=1S/C21H22FN3O/c1-13-9-14(2)21(15(3)10-13)24-20(26)12-25(4)19-7-8-23-18-11-16(22)5-6-17(18)19/h5-11H,12H2,1-4H3,(H,24,26). The summed E-state index contributed by atoms with van der Waals surface area (Å²) >= 11 is 0. The number of anilines is 2. The van der Waals surface area contributed by atoms with E-state index in [0.29, 0.717) is 5.52 Å². The molecule has 1 N–H and O–H groups in total. The number of hydrogen-bond donors (Lipinski definition) is 1. The van der Waals surface area contributed by atoms with Crippen LogP contribution in [0.15, 0.2) is 42.6 Å². The van der Waals surface area contributed by atoms with Gasteiger partial charge >= 0.3 is 0 Å². The lowest BCUT2D eigenvalue weighted by Crippen LogP contribution is -2.30. The van der Waals surface area contributed by atoms with E-state index in [1.54, 1.807) is 12.3 Å². The molecule has 0 fully saturated rings. The van der Waals surface area contributed by atoms with Crippen molar-refractivity contribution in [2.24, 2.45) is 0 Å². The minimum Gasteiger partial charge on any atom is -0.365 e. The lowest BCUT2D eigenvalue weighted by Gasteiger charge is -2.21. The van der Waals surface area contributed by atoms with Crippen molar-refractivity contribution in [1.82, 2.24) is 4.98 Å². The molecule has 0 atom stereocenters. The predicted octanol–water partition coefficient (Wildman–Crippen LogP) is 4.37. The minimum absolute atomic E-state index is 0.102. The summed E-state index contributed by atoms with van der Waals surface area (Å²) in [6.07, 6.45) is 1.62. The fourth-order valence-electron chi connectivity index (χ4n) is 3.30. The molecule has 0 saturated carbocycles. The molecule has 0 aliphatic rings. The maximum Gasteiger partial charge on any atom is 0.243 e. The van der Waals surface area contributed by atoms with Crippen molar-refractivity contribution in [3.8, 4) is 0 Å². The highest BCUT2D eigenvalue weighted by atomic mass is 19.1. The van der Waals surface area contributed by atoms with Crippen molar-refractivity contribution in [3.05, 3.63) is 65.1 Å². The van der Waals surface area contributed by atoms with Crippen LogP contribution in [0.25, 0.3) is 10.9 Å². The zero-order valence-electron chi connectivity index (χ0n) is 15.4. The van der Waals surface area contributed by atoms with Gasteiger partial charge in [0.1, 0.15) is 5.82 Å². The summed E-state index contributed by atoms with van der Waals surface area (Å²) in [4.78, 5) is 18.6. The third-order valence-corrected chi connectivity index (χ3v) is 4.42. The molecule has 0 radical (unpaired) electrons. The highest BCUT2D eigenvalue weighted by Gasteiger charge is 2.13. The summed E-state index contributed by atoms with van der Waals surface area (Å²) in [7, 11) is 1.84. The predicted molar refractivity (Wildman–Crippen MR) is 104 cm³/mol. The zero-order chi connectivity index (χ0) is 18.8. The number of carbonyl (C=O) groups is 1. The Morgan fingerprint density at radius 3 is 2.50 bits per heavy atom. The van der Waals surface area contributed by atoms with Crippen LogP contribution < -0.4 is 10.2 Å². The molecule has 4 nitrogen and oxygen atoms in total. The lowest BCUT2D eigenvalue weighted by atomic mass is 10.1. The fraction of sp³-hybridized carbons (Fsp3) is 0.238. The second-order valence-electron chi connectivity index (χ2n) is 6.67. The highest BCUT2D eigenvalue weighted by molar-refractivity contribution is 5.98. The van der Waals surface area contributed by atoms with Crippen molar-refractivity contribution in [2.75, 3.05) is 23.8 Å². The van der Waals surface area contributed by atoms with Gasteiger partial charge in [0.2, 0.25) is 5.91 Å². The first-order valence-electron chi connectivity index (χ1n) is 8.48. The molecule has 5 heteroatoms. The first-order chi connectivity index (χ1) is 12.3. The number of rotatable bonds is 4. The van der Waals surface area contributed by atoms with Crippen LogP contribution in [0, 0.1) is 26.6 Å². The Kier molecular flexibility index (Phi) is 4.89. The van der Waals surface area contributed by atoms with Gasteiger partial charge in [0, 0.05) is 36.1 Å². The maximum atomic E-state index is 13.4. The van der Waals surface area contributed by atoms with E-state index in [1.165, 1.54) is 17.7 Å². The van der Waals surface area contributed by atoms with E-state index < -0.39 is 0 Å². The Morgan fingerprint density at radius 2 is 1.81 bits per heavy atom. The first kappa shape index (κ1) is 17.9. The third-order valence-electron chi connectivity index (χ3n) is 4.42. The molecule has 3 rings (SSSR count). The van der Waals surface area contributed by atoms with Crippen LogP contribution in [0.5, 0.6) is 0 Å². The van der Waals surface area contributed by atoms with Gasteiger partial charge in [0.15, 0.2) is 0 Å². The number of carbonyl (C=O) groups excluding carboxylic acids is 1. The molecule has 0 bridgehead atoms. The monoisotopic (exact) mass is 351 g/mol. The molecule has 134 valence electrons. The number of halogens is 1. The number of nitrogens with zero attached hydrogens (tertiary/aromatic N) is 2. The van der Waals surface area contributed by atoms with Crippen LogP contribution in [-0.4, -0.2) is 24.5 Å². The van der Waals surface area contributed by atoms with E-state index in [2.05, 4.69) is 22.4 Å². The molecule has 0 unspecified atom stereocenters. The number of benzene rings is 2. The SMILES string of the molecule is Cc1cc(C)c(NC(=O)CN(C)c2ccnc3cc(F)ccc23)c(C)c1. The van der Waals surface area contributed by atoms with Crippen molar-refractivity contribution in [2.45, 2.75) is 20.8 Å². The minimum atomic E-state index is -0.326. The number of pyridine rings is 1. The molecule has 26 heavy (non-hydrogen) atoms. The summed E-state index contributed by atoms with van der Waals surface area (Å²) in [5.41, 5.74) is 5.52. The van der Waals surface area contributed by atoms with Crippen LogP contribution >= 0.6 is 0 Å². The van der Waals surface area contributed by atoms with E-state index >= 15 is 0 Å². The molecule has 3 aromatic rings. The van der Waals surface area contributed by atoms with E-state index in [1.807, 2.05) is 38.8 Å². The molecule has 2 aromatic carbocycles. The molecular weight excluding hydrogens is 329 g/mol. The van der Waals surface area contributed by atoms with Crippen molar-refractivity contribution >= 4 is 28.2 Å². The Bertz CT molecular complexity index is 961. The van der Waals surface area contributed by atoms with Crippen molar-refractivity contribution in [3.63, 3.8) is 0 Å². The van der Waals surface area contributed by atoms with Gasteiger partial charge in [-0.05, 0) is 50.1 Å². The molecule has 1 amide bonds. The number of fused-ring (bicyclic) bond motifs is 1. The van der Waals surface area contributed by atoms with Gasteiger partial charge in [-0.3, -0.25) is 9.78 Å². The highest BCUT2D eigenvalue weighted by Crippen LogP contribution is 2.25. The Hall–Kier alpha value is -2.95. The largest absolute Gasteiger partial charge is 0.365 e. The normalized spacial score (nSPS) is 10.8. The fourth-order valence-corrected chi connectivity index (χ4v) is 3.30. The molecule has 1 aromatic heterocycles. The Labute approximate surface area is 152 Å². The first-order valence-corrected chi connectivity index (χ1v) is 8.48. The number of likely N-dealkylation sites (N-methyl/N-ethyl adjacent to an activating group) is 1. The van der Waals surface area contributed by atoms with E-state index in [0.717, 1.165) is 27.9 Å². The van der Waals surface area contributed by atoms with Crippen LogP contribution in [0.3, 0.4) is 0 Å². The molecule has 0 aliphatic heterocycles. The third kappa shape index (κ3) is 3.67. The summed E-state index contributed by atoms with van der Waals surface area (Å²) in [6.45, 7) is 6.20. The second-order valence-corrected chi connectivity index (χ2v) is 6.67. The van der Waals surface area contributed by atoms with Gasteiger partial charge < -0.3 is 10.2 Å². The number of amides is 1. The molecule has 1 heterocycles.